The lowest BCUT2D eigenvalue weighted by atomic mass is 10.1. The standard InChI is InChI=1S/C14H16N2O2S2/c1-10-12(11-5-3-2-4-6-11)16(9-18-8-7-17)14(20)15-13(10)19/h2-6,17H,7-9H2,1H3,(H,15,19,20). The summed E-state index contributed by atoms with van der Waals surface area (Å²) in [6, 6.07) is 9.92. The number of hydrogen-bond donors (Lipinski definition) is 2. The lowest BCUT2D eigenvalue weighted by Gasteiger charge is -2.16. The monoisotopic (exact) mass is 308 g/mol. The molecule has 0 amide bonds. The van der Waals surface area contributed by atoms with Crippen LogP contribution in [0.3, 0.4) is 0 Å². The molecule has 106 valence electrons. The minimum atomic E-state index is -0.0180. The zero-order valence-electron chi connectivity index (χ0n) is 11.1. The van der Waals surface area contributed by atoms with Gasteiger partial charge in [-0.25, -0.2) is 0 Å². The van der Waals surface area contributed by atoms with E-state index in [1.165, 1.54) is 0 Å². The van der Waals surface area contributed by atoms with Crippen LogP contribution in [0.25, 0.3) is 11.3 Å². The molecule has 2 rings (SSSR count). The number of ether oxygens (including phenoxy) is 1. The second kappa shape index (κ2) is 6.90. The predicted molar refractivity (Wildman–Crippen MR) is 83.7 cm³/mol. The molecule has 0 fully saturated rings. The van der Waals surface area contributed by atoms with Gasteiger partial charge >= 0.3 is 0 Å². The molecule has 0 atom stereocenters. The van der Waals surface area contributed by atoms with Crippen molar-refractivity contribution in [1.82, 2.24) is 9.55 Å². The maximum atomic E-state index is 8.81. The molecule has 0 radical (unpaired) electrons. The molecule has 6 heteroatoms. The van der Waals surface area contributed by atoms with Crippen molar-refractivity contribution in [2.45, 2.75) is 13.7 Å². The van der Waals surface area contributed by atoms with Gasteiger partial charge in [-0.15, -0.1) is 0 Å². The van der Waals surface area contributed by atoms with Gasteiger partial charge in [-0.05, 0) is 24.7 Å². The Morgan fingerprint density at radius 2 is 1.95 bits per heavy atom. The smallest absolute Gasteiger partial charge is 0.180 e. The highest BCUT2D eigenvalue weighted by Gasteiger charge is 2.10. The van der Waals surface area contributed by atoms with Crippen LogP contribution in [-0.4, -0.2) is 27.9 Å². The van der Waals surface area contributed by atoms with Crippen molar-refractivity contribution in [3.05, 3.63) is 45.3 Å². The summed E-state index contributed by atoms with van der Waals surface area (Å²) in [6.07, 6.45) is 0. The van der Waals surface area contributed by atoms with Crippen LogP contribution in [0.4, 0.5) is 0 Å². The molecule has 1 aromatic carbocycles. The van der Waals surface area contributed by atoms with Gasteiger partial charge in [0.05, 0.1) is 18.9 Å². The Labute approximate surface area is 127 Å². The van der Waals surface area contributed by atoms with Crippen molar-refractivity contribution in [1.29, 1.82) is 0 Å². The van der Waals surface area contributed by atoms with Crippen LogP contribution < -0.4 is 0 Å². The molecule has 20 heavy (non-hydrogen) atoms. The van der Waals surface area contributed by atoms with Crippen LogP contribution in [0.5, 0.6) is 0 Å². The van der Waals surface area contributed by atoms with Crippen molar-refractivity contribution >= 4 is 24.4 Å². The number of aromatic nitrogens is 2. The average Bonchev–Trinajstić information content (AvgIpc) is 2.45. The Kier molecular flexibility index (Phi) is 5.19. The summed E-state index contributed by atoms with van der Waals surface area (Å²) in [6.45, 7) is 2.48. The highest BCUT2D eigenvalue weighted by Crippen LogP contribution is 2.23. The normalized spacial score (nSPS) is 10.7. The van der Waals surface area contributed by atoms with E-state index in [1.807, 2.05) is 41.8 Å². The fraction of sp³-hybridized carbons (Fsp3) is 0.286. The second-order valence-corrected chi connectivity index (χ2v) is 5.08. The molecule has 0 saturated heterocycles. The maximum Gasteiger partial charge on any atom is 0.180 e. The molecule has 0 spiro atoms. The van der Waals surface area contributed by atoms with E-state index in [2.05, 4.69) is 4.98 Å². The number of hydrogen-bond acceptors (Lipinski definition) is 4. The first kappa shape index (κ1) is 15.1. The molecule has 0 saturated carbocycles. The molecule has 4 nitrogen and oxygen atoms in total. The van der Waals surface area contributed by atoms with Gasteiger partial charge < -0.3 is 14.8 Å². The summed E-state index contributed by atoms with van der Waals surface area (Å²) in [7, 11) is 0. The van der Waals surface area contributed by atoms with Gasteiger partial charge in [-0.2, -0.15) is 0 Å². The van der Waals surface area contributed by atoms with Gasteiger partial charge in [0.25, 0.3) is 0 Å². The average molecular weight is 308 g/mol. The van der Waals surface area contributed by atoms with Crippen molar-refractivity contribution < 1.29 is 9.84 Å². The quantitative estimate of drug-likeness (QED) is 0.658. The van der Waals surface area contributed by atoms with Crippen LogP contribution in [0.15, 0.2) is 30.3 Å². The lowest BCUT2D eigenvalue weighted by molar-refractivity contribution is 0.0475. The van der Waals surface area contributed by atoms with Gasteiger partial charge in [-0.1, -0.05) is 42.5 Å². The summed E-state index contributed by atoms with van der Waals surface area (Å²) < 4.78 is 8.39. The Morgan fingerprint density at radius 1 is 1.25 bits per heavy atom. The number of aliphatic hydroxyl groups excluding tert-OH is 1. The molecule has 0 bridgehead atoms. The molecule has 1 aromatic heterocycles. The Morgan fingerprint density at radius 3 is 2.60 bits per heavy atom. The Bertz CT molecular complexity index is 693. The van der Waals surface area contributed by atoms with Crippen LogP contribution in [0.2, 0.25) is 0 Å². The van der Waals surface area contributed by atoms with Crippen molar-refractivity contribution in [3.63, 3.8) is 0 Å². The predicted octanol–water partition coefficient (Wildman–Crippen LogP) is 3.22. The Hall–Kier alpha value is -1.34. The van der Waals surface area contributed by atoms with E-state index in [1.54, 1.807) is 0 Å². The third kappa shape index (κ3) is 3.21. The maximum absolute atomic E-state index is 8.81. The van der Waals surface area contributed by atoms with Gasteiger partial charge in [0.15, 0.2) is 4.77 Å². The second-order valence-electron chi connectivity index (χ2n) is 4.29. The first-order valence-corrected chi connectivity index (χ1v) is 7.04. The van der Waals surface area contributed by atoms with E-state index in [-0.39, 0.29) is 19.9 Å². The minimum absolute atomic E-state index is 0.0180. The topological polar surface area (TPSA) is 50.2 Å². The zero-order chi connectivity index (χ0) is 14.5. The number of aliphatic hydroxyl groups is 1. The van der Waals surface area contributed by atoms with Gasteiger partial charge in [0.1, 0.15) is 11.4 Å². The SMILES string of the molecule is Cc1c(-c2ccccc2)n(COCCO)c(=S)[nH]c1=S. The number of H-pyrrole nitrogens is 1. The van der Waals surface area contributed by atoms with E-state index in [9.17, 15) is 0 Å². The van der Waals surface area contributed by atoms with Crippen LogP contribution in [0.1, 0.15) is 5.56 Å². The van der Waals surface area contributed by atoms with Crippen molar-refractivity contribution in [2.24, 2.45) is 0 Å². The Balaban J connectivity index is 2.58. The molecular formula is C14H16N2O2S2. The molecule has 0 aliphatic heterocycles. The molecule has 2 N–H and O–H groups in total. The third-order valence-corrected chi connectivity index (χ3v) is 3.67. The molecule has 1 heterocycles. The summed E-state index contributed by atoms with van der Waals surface area (Å²) in [5.74, 6) is 0. The van der Waals surface area contributed by atoms with E-state index in [0.717, 1.165) is 16.8 Å². The molecule has 0 aliphatic carbocycles. The lowest BCUT2D eigenvalue weighted by Crippen LogP contribution is -2.12. The largest absolute Gasteiger partial charge is 0.394 e. The molecule has 0 aliphatic rings. The number of nitrogens with zero attached hydrogens (tertiary/aromatic N) is 1. The summed E-state index contributed by atoms with van der Waals surface area (Å²) in [5.41, 5.74) is 2.92. The van der Waals surface area contributed by atoms with Gasteiger partial charge in [0.2, 0.25) is 0 Å². The molecule has 2 aromatic rings. The van der Waals surface area contributed by atoms with E-state index in [4.69, 9.17) is 34.3 Å². The summed E-state index contributed by atoms with van der Waals surface area (Å²) in [4.78, 5) is 2.99. The zero-order valence-corrected chi connectivity index (χ0v) is 12.8. The summed E-state index contributed by atoms with van der Waals surface area (Å²) in [5, 5.41) is 8.81. The van der Waals surface area contributed by atoms with Gasteiger partial charge in [-0.3, -0.25) is 4.57 Å². The number of rotatable bonds is 5. The van der Waals surface area contributed by atoms with E-state index in [0.29, 0.717) is 9.41 Å². The van der Waals surface area contributed by atoms with Crippen molar-refractivity contribution in [3.8, 4) is 11.3 Å². The minimum Gasteiger partial charge on any atom is -0.394 e. The fourth-order valence-corrected chi connectivity index (χ4v) is 2.49. The van der Waals surface area contributed by atoms with Crippen LogP contribution >= 0.6 is 24.4 Å². The van der Waals surface area contributed by atoms with Gasteiger partial charge in [0, 0.05) is 5.56 Å². The molecular weight excluding hydrogens is 292 g/mol. The first-order valence-electron chi connectivity index (χ1n) is 6.23. The summed E-state index contributed by atoms with van der Waals surface area (Å²) >= 11 is 10.6. The van der Waals surface area contributed by atoms with Crippen LogP contribution in [-0.2, 0) is 11.5 Å². The van der Waals surface area contributed by atoms with Crippen LogP contribution in [0, 0.1) is 16.3 Å². The van der Waals surface area contributed by atoms with Crippen molar-refractivity contribution in [2.75, 3.05) is 13.2 Å². The number of benzene rings is 1. The highest BCUT2D eigenvalue weighted by atomic mass is 32.1. The highest BCUT2D eigenvalue weighted by molar-refractivity contribution is 7.72. The first-order chi connectivity index (χ1) is 9.65. The van der Waals surface area contributed by atoms with E-state index >= 15 is 0 Å². The van der Waals surface area contributed by atoms with E-state index < -0.39 is 0 Å². The number of aromatic amines is 1. The molecule has 0 unspecified atom stereocenters. The number of nitrogens with one attached hydrogen (secondary N) is 1. The fourth-order valence-electron chi connectivity index (χ4n) is 1.98. The third-order valence-electron chi connectivity index (χ3n) is 2.93.